The van der Waals surface area contributed by atoms with Gasteiger partial charge in [-0.3, -0.25) is 4.57 Å². The van der Waals surface area contributed by atoms with Crippen molar-refractivity contribution in [2.75, 3.05) is 0 Å². The number of pyridine rings is 1. The first-order valence-electron chi connectivity index (χ1n) is 41.3. The Labute approximate surface area is 618 Å². The number of aryl methyl sites for hydroxylation is 1. The predicted octanol–water partition coefficient (Wildman–Crippen LogP) is 19.8. The fourth-order valence-electron chi connectivity index (χ4n) is 13.1. The fraction of sp³-hybridized carbons (Fsp3) is 0.143. The zero-order valence-corrected chi connectivity index (χ0v) is 58.8. The molecule has 0 atom stereocenters. The Bertz CT molecular complexity index is 6170. The molecule has 0 aliphatic carbocycles. The van der Waals surface area contributed by atoms with Gasteiger partial charge in [-0.1, -0.05) is 286 Å². The smallest absolute Gasteiger partial charge is 0.268 e. The van der Waals surface area contributed by atoms with Crippen molar-refractivity contribution in [1.82, 2.24) is 14.1 Å². The molecule has 484 valence electrons. The second-order valence-electron chi connectivity index (χ2n) is 27.6. The number of para-hydroxylation sites is 1. The second-order valence-corrected chi connectivity index (χ2v) is 31.4. The van der Waals surface area contributed by atoms with Crippen LogP contribution >= 0.6 is 0 Å². The normalized spacial score (nSPS) is 14.8. The minimum Gasteiger partial charge on any atom is -0.510 e. The number of ether oxygens (including phenoxy) is 1. The van der Waals surface area contributed by atoms with E-state index in [0.717, 1.165) is 21.7 Å². The number of rotatable bonds is 13. The van der Waals surface area contributed by atoms with Gasteiger partial charge in [-0.25, -0.2) is 4.98 Å². The van der Waals surface area contributed by atoms with Crippen molar-refractivity contribution < 1.29 is 55.0 Å². The molecular formula is C91H78N4OPtSi-2. The molecule has 98 heavy (non-hydrogen) atoms. The number of fused-ring (bicyclic) bond motifs is 4. The second kappa shape index (κ2) is 26.0. The average molecular weight is 1480 g/mol. The summed E-state index contributed by atoms with van der Waals surface area (Å²) in [4.78, 5) is 4.74. The molecule has 0 bridgehead atoms. The van der Waals surface area contributed by atoms with Crippen LogP contribution in [0.3, 0.4) is 0 Å². The number of hydrogen-bond acceptors (Lipinski definition) is 2. The standard InChI is InChI=1S/C91H78N4OSi.Pt/c1-62-53-88(92-60-83(62)66-27-18-13-19-28-66)95-84-32-21-20-31-81(84)82-51-42-76(59-86(82)95)96-75-30-22-29-73(58-75)93-61-94(74-55-68(63-23-14-11-15-24-63)54-69(56-74)64-25-16-12-17-26-64)85-52-35-67(57-87(85)93)65-33-43-77(44-34-65)97(78-45-36-70(37-46-78)89(2,3)4,79-47-38-71(39-48-79)90(5,6)7)80-49-40-72(41-50-80)91(8,9)10;/h11-57,60H,1-10H3;/q-2;/i1D3,11D,12D,13D,14D,15D,16D,17D,18D,19D,23D,24D,25D,26D,27D,28D;. The summed E-state index contributed by atoms with van der Waals surface area (Å²) in [6.45, 7) is 17.2. The molecule has 0 aliphatic heterocycles. The molecule has 3 aromatic heterocycles. The first kappa shape index (κ1) is 46.8. The molecule has 7 heteroatoms. The molecule has 0 fully saturated rings. The topological polar surface area (TPSA) is 35.9 Å². The summed E-state index contributed by atoms with van der Waals surface area (Å²) in [6, 6.07) is 62.8. The zero-order valence-electron chi connectivity index (χ0n) is 73.6. The number of imidazole rings is 1. The summed E-state index contributed by atoms with van der Waals surface area (Å²) < 4.78 is 170. The van der Waals surface area contributed by atoms with Crippen LogP contribution in [0.4, 0.5) is 0 Å². The summed E-state index contributed by atoms with van der Waals surface area (Å²) in [7, 11) is -3.18. The monoisotopic (exact) mass is 1480 g/mol. The van der Waals surface area contributed by atoms with Gasteiger partial charge in [-0.05, 0) is 153 Å². The van der Waals surface area contributed by atoms with Crippen molar-refractivity contribution in [2.45, 2.75) is 85.4 Å². The van der Waals surface area contributed by atoms with Gasteiger partial charge < -0.3 is 13.9 Å². The van der Waals surface area contributed by atoms with Gasteiger partial charge in [0.05, 0.1) is 37.3 Å². The summed E-state index contributed by atoms with van der Waals surface area (Å²) in [6.07, 6.45) is 4.77. The van der Waals surface area contributed by atoms with Crippen molar-refractivity contribution in [3.63, 3.8) is 0 Å². The zero-order chi connectivity index (χ0) is 82.4. The van der Waals surface area contributed by atoms with Crippen molar-refractivity contribution in [3.8, 4) is 73.2 Å². The third kappa shape index (κ3) is 12.3. The van der Waals surface area contributed by atoms with Crippen molar-refractivity contribution in [1.29, 1.82) is 0 Å². The minimum absolute atomic E-state index is 0. The van der Waals surface area contributed by atoms with Crippen LogP contribution in [0.5, 0.6) is 11.5 Å². The number of aromatic nitrogens is 4. The van der Waals surface area contributed by atoms with Crippen LogP contribution in [0.25, 0.3) is 94.5 Å². The van der Waals surface area contributed by atoms with Gasteiger partial charge in [0.1, 0.15) is 5.82 Å². The molecule has 12 aromatic carbocycles. The number of benzene rings is 12. The molecule has 15 rings (SSSR count). The maximum Gasteiger partial charge on any atom is 0.268 e. The molecule has 5 nitrogen and oxygen atoms in total. The van der Waals surface area contributed by atoms with Gasteiger partial charge in [0.2, 0.25) is 0 Å². The van der Waals surface area contributed by atoms with Gasteiger partial charge in [-0.2, -0.15) is 18.2 Å². The van der Waals surface area contributed by atoms with Crippen LogP contribution in [0.15, 0.2) is 291 Å². The minimum atomic E-state index is -3.18. The Morgan fingerprint density at radius 2 is 0.959 bits per heavy atom. The van der Waals surface area contributed by atoms with Crippen molar-refractivity contribution in [3.05, 3.63) is 332 Å². The molecule has 0 aliphatic rings. The molecule has 0 amide bonds. The SMILES string of the molecule is [2H]c1c([2H])c([2H])c(-c2cc(-c3c([2H])c([2H])c([2H])c([2H])c3[2H])cc(-[n+]3[c-]n(-c4[c-]c(Oc5[c-]c6c(cc5)c5ccccc5n6-c5cc(C([2H])([2H])[2H])c(-c6c([2H])c([2H])c([2H])c([2H])c6[2H])cn5)ccc4)c4cc(-c5ccc([Si](c6ccc(C(C)(C)C)cc6)(c6ccc(C(C)(C)C)cc6)c6ccc(C(C)(C)C)cc6)cc5)ccc43)c2)c([2H])c1[2H].[Pt]. The molecule has 15 aromatic rings. The van der Waals surface area contributed by atoms with Crippen LogP contribution in [-0.2, 0) is 37.3 Å². The molecule has 0 unspecified atom stereocenters. The Morgan fingerprint density at radius 1 is 0.449 bits per heavy atom. The summed E-state index contributed by atoms with van der Waals surface area (Å²) in [5, 5.41) is 6.28. The number of nitrogens with zero attached hydrogens (tertiary/aromatic N) is 4. The Balaban J connectivity index is 0.0000111. The van der Waals surface area contributed by atoms with E-state index >= 15 is 0 Å². The van der Waals surface area contributed by atoms with E-state index in [2.05, 4.69) is 178 Å². The van der Waals surface area contributed by atoms with Gasteiger partial charge in [0.15, 0.2) is 8.07 Å². The van der Waals surface area contributed by atoms with E-state index in [1.807, 2.05) is 54.6 Å². The van der Waals surface area contributed by atoms with Crippen LogP contribution in [-0.4, -0.2) is 22.2 Å². The molecule has 3 heterocycles. The van der Waals surface area contributed by atoms with Crippen molar-refractivity contribution >= 4 is 61.7 Å². The molecular weight excluding hydrogens is 1390 g/mol. The summed E-state index contributed by atoms with van der Waals surface area (Å²) >= 11 is 0. The van der Waals surface area contributed by atoms with Crippen LogP contribution in [0, 0.1) is 25.3 Å². The fourth-order valence-corrected chi connectivity index (χ4v) is 17.8. The van der Waals surface area contributed by atoms with Crippen LogP contribution < -0.4 is 30.1 Å². The quantitative estimate of drug-likeness (QED) is 0.0499. The Kier molecular flexibility index (Phi) is 12.4. The Morgan fingerprint density at radius 3 is 1.50 bits per heavy atom. The maximum atomic E-state index is 9.21. The maximum absolute atomic E-state index is 9.21. The summed E-state index contributed by atoms with van der Waals surface area (Å²) in [5.74, 6) is 0.555. The number of hydrogen-bond donors (Lipinski definition) is 0. The molecule has 0 radical (unpaired) electrons. The first-order chi connectivity index (χ1) is 54.3. The van der Waals surface area contributed by atoms with E-state index in [4.69, 9.17) is 28.9 Å². The van der Waals surface area contributed by atoms with Crippen LogP contribution in [0.2, 0.25) is 0 Å². The van der Waals surface area contributed by atoms with E-state index in [1.54, 1.807) is 44.0 Å². The van der Waals surface area contributed by atoms with E-state index < -0.39 is 106 Å². The molecule has 0 saturated heterocycles. The third-order valence-corrected chi connectivity index (χ3v) is 23.1. The van der Waals surface area contributed by atoms with Crippen LogP contribution in [0.1, 0.15) is 109 Å². The van der Waals surface area contributed by atoms with E-state index in [-0.39, 0.29) is 99.3 Å². The Hall–Kier alpha value is -10.2. The molecule has 0 N–H and O–H groups in total. The largest absolute Gasteiger partial charge is 0.510 e. The first-order valence-corrected chi connectivity index (χ1v) is 34.3. The summed E-state index contributed by atoms with van der Waals surface area (Å²) in [5.41, 5.74) is 6.88. The van der Waals surface area contributed by atoms with E-state index in [0.29, 0.717) is 33.1 Å². The van der Waals surface area contributed by atoms with Gasteiger partial charge in [0, 0.05) is 54.0 Å². The van der Waals surface area contributed by atoms with E-state index in [9.17, 15) is 5.48 Å². The third-order valence-electron chi connectivity index (χ3n) is 18.3. The predicted molar refractivity (Wildman–Crippen MR) is 406 cm³/mol. The van der Waals surface area contributed by atoms with Crippen molar-refractivity contribution in [2.24, 2.45) is 0 Å². The van der Waals surface area contributed by atoms with E-state index in [1.165, 1.54) is 50.6 Å². The van der Waals surface area contributed by atoms with Gasteiger partial charge >= 0.3 is 0 Å². The van der Waals surface area contributed by atoms with Gasteiger partial charge in [0.25, 0.3) is 6.33 Å². The molecule has 0 saturated carbocycles. The van der Waals surface area contributed by atoms with Gasteiger partial charge in [-0.15, -0.1) is 29.7 Å². The average Bonchev–Trinajstić information content (AvgIpc) is 0.768. The molecule has 0 spiro atoms.